The van der Waals surface area contributed by atoms with Gasteiger partial charge in [0.1, 0.15) is 6.61 Å². The predicted octanol–water partition coefficient (Wildman–Crippen LogP) is 0.840. The van der Waals surface area contributed by atoms with Crippen LogP contribution in [0.1, 0.15) is 19.3 Å². The van der Waals surface area contributed by atoms with Crippen molar-refractivity contribution >= 4 is 5.91 Å². The third kappa shape index (κ3) is 8.35. The Kier molecular flexibility index (Phi) is 9.46. The number of amides is 1. The van der Waals surface area contributed by atoms with Crippen LogP contribution in [0.2, 0.25) is 0 Å². The third-order valence-electron chi connectivity index (χ3n) is 1.99. The van der Waals surface area contributed by atoms with Crippen molar-refractivity contribution in [1.29, 1.82) is 0 Å². The van der Waals surface area contributed by atoms with Crippen LogP contribution in [0.15, 0.2) is 0 Å². The summed E-state index contributed by atoms with van der Waals surface area (Å²) in [6, 6.07) is 0. The number of methoxy groups -OCH3 is 1. The third-order valence-corrected chi connectivity index (χ3v) is 1.99. The lowest BCUT2D eigenvalue weighted by Gasteiger charge is -2.13. The lowest BCUT2D eigenvalue weighted by Crippen LogP contribution is -2.29. The fraction of sp³-hybridized carbons (Fsp3) is 0.900. The van der Waals surface area contributed by atoms with Gasteiger partial charge in [-0.2, -0.15) is 0 Å². The van der Waals surface area contributed by atoms with E-state index in [0.29, 0.717) is 6.61 Å². The van der Waals surface area contributed by atoms with Crippen LogP contribution in [0.3, 0.4) is 0 Å². The van der Waals surface area contributed by atoms with Gasteiger partial charge in [0.25, 0.3) is 5.91 Å². The molecule has 0 fully saturated rings. The van der Waals surface area contributed by atoms with Crippen LogP contribution in [0.5, 0.6) is 0 Å². The number of unbranched alkanes of at least 4 members (excludes halogenated alkanes) is 2. The zero-order valence-electron chi connectivity index (χ0n) is 9.82. The fourth-order valence-corrected chi connectivity index (χ4v) is 0.979. The van der Waals surface area contributed by atoms with Gasteiger partial charge in [0, 0.05) is 27.4 Å². The first kappa shape index (κ1) is 14.3. The Hall–Kier alpha value is -0.650. The minimum atomic E-state index is -0.172. The monoisotopic (exact) mass is 219 g/mol. The maximum Gasteiger partial charge on any atom is 0.271 e. The van der Waals surface area contributed by atoms with Gasteiger partial charge in [-0.05, 0) is 19.3 Å². The number of likely N-dealkylation sites (N-methyl/N-ethyl adjacent to an activating group) is 1. The Bertz CT molecular complexity index is 164. The molecule has 0 aromatic rings. The minimum Gasteiger partial charge on any atom is -0.385 e. The lowest BCUT2D eigenvalue weighted by atomic mass is 10.2. The molecule has 0 N–H and O–H groups in total. The van der Waals surface area contributed by atoms with Crippen molar-refractivity contribution in [3.8, 4) is 0 Å². The number of hydrogen-bond donors (Lipinski definition) is 0. The highest BCUT2D eigenvalue weighted by Gasteiger charge is 2.06. The van der Waals surface area contributed by atoms with Crippen LogP contribution in [0, 0.1) is 0 Å². The van der Waals surface area contributed by atoms with Gasteiger partial charge in [-0.25, -0.2) is 5.06 Å². The highest BCUT2D eigenvalue weighted by molar-refractivity contribution is 5.75. The van der Waals surface area contributed by atoms with Gasteiger partial charge in [-0.3, -0.25) is 9.63 Å². The second kappa shape index (κ2) is 9.89. The normalized spacial score (nSPS) is 10.3. The molecule has 90 valence electrons. The zero-order chi connectivity index (χ0) is 11.5. The van der Waals surface area contributed by atoms with E-state index in [1.807, 2.05) is 0 Å². The van der Waals surface area contributed by atoms with Crippen LogP contribution in [-0.2, 0) is 19.1 Å². The summed E-state index contributed by atoms with van der Waals surface area (Å²) in [5.74, 6) is -0.172. The van der Waals surface area contributed by atoms with Gasteiger partial charge in [-0.15, -0.1) is 0 Å². The van der Waals surface area contributed by atoms with Crippen LogP contribution >= 0.6 is 0 Å². The number of rotatable bonds is 9. The first-order valence-electron chi connectivity index (χ1n) is 5.09. The molecule has 0 rings (SSSR count). The minimum absolute atomic E-state index is 0.0780. The number of nitrogens with zero attached hydrogens (tertiary/aromatic N) is 1. The van der Waals surface area contributed by atoms with E-state index >= 15 is 0 Å². The molecule has 0 unspecified atom stereocenters. The summed E-state index contributed by atoms with van der Waals surface area (Å²) in [5, 5.41) is 1.16. The number of hydrogen-bond acceptors (Lipinski definition) is 4. The molecule has 1 amide bonds. The topological polar surface area (TPSA) is 48.0 Å². The van der Waals surface area contributed by atoms with Crippen LogP contribution < -0.4 is 0 Å². The Balaban J connectivity index is 3.20. The summed E-state index contributed by atoms with van der Waals surface area (Å²) < 4.78 is 10.1. The van der Waals surface area contributed by atoms with Crippen molar-refractivity contribution in [2.75, 3.05) is 41.1 Å². The molecule has 5 heteroatoms. The second-order valence-electron chi connectivity index (χ2n) is 3.18. The van der Waals surface area contributed by atoms with Crippen molar-refractivity contribution in [2.24, 2.45) is 0 Å². The highest BCUT2D eigenvalue weighted by atomic mass is 16.7. The Labute approximate surface area is 91.2 Å². The molecule has 0 bridgehead atoms. The maximum absolute atomic E-state index is 11.2. The number of hydroxylamine groups is 2. The van der Waals surface area contributed by atoms with Gasteiger partial charge < -0.3 is 9.47 Å². The van der Waals surface area contributed by atoms with Gasteiger partial charge in [0.2, 0.25) is 0 Å². The van der Waals surface area contributed by atoms with Crippen LogP contribution in [0.25, 0.3) is 0 Å². The highest BCUT2D eigenvalue weighted by Crippen LogP contribution is 1.96. The summed E-state index contributed by atoms with van der Waals surface area (Å²) in [5.41, 5.74) is 0. The Morgan fingerprint density at radius 3 is 2.40 bits per heavy atom. The fourth-order valence-electron chi connectivity index (χ4n) is 0.979. The maximum atomic E-state index is 11.2. The SMILES string of the molecule is COCCCCCOCC(=O)N(C)OC. The quantitative estimate of drug-likeness (QED) is 0.426. The van der Waals surface area contributed by atoms with Crippen molar-refractivity contribution < 1.29 is 19.1 Å². The molecule has 0 aromatic carbocycles. The number of ether oxygens (including phenoxy) is 2. The van der Waals surface area contributed by atoms with E-state index in [1.54, 1.807) is 14.2 Å². The molecule has 0 aliphatic rings. The second-order valence-corrected chi connectivity index (χ2v) is 3.18. The molecule has 15 heavy (non-hydrogen) atoms. The van der Waals surface area contributed by atoms with Crippen molar-refractivity contribution in [3.63, 3.8) is 0 Å². The zero-order valence-corrected chi connectivity index (χ0v) is 9.82. The summed E-state index contributed by atoms with van der Waals surface area (Å²) in [6.45, 7) is 1.47. The molecule has 5 nitrogen and oxygen atoms in total. The predicted molar refractivity (Wildman–Crippen MR) is 56.3 cm³/mol. The van der Waals surface area contributed by atoms with Gasteiger partial charge in [-0.1, -0.05) is 0 Å². The molecular formula is C10H21NO4. The summed E-state index contributed by atoms with van der Waals surface area (Å²) in [6.07, 6.45) is 3.04. The Morgan fingerprint density at radius 1 is 1.13 bits per heavy atom. The smallest absolute Gasteiger partial charge is 0.271 e. The van der Waals surface area contributed by atoms with E-state index in [9.17, 15) is 4.79 Å². The van der Waals surface area contributed by atoms with E-state index in [-0.39, 0.29) is 12.5 Å². The average molecular weight is 219 g/mol. The van der Waals surface area contributed by atoms with E-state index in [0.717, 1.165) is 30.9 Å². The van der Waals surface area contributed by atoms with E-state index < -0.39 is 0 Å². The molecule has 0 saturated heterocycles. The molecule has 0 heterocycles. The Morgan fingerprint density at radius 2 is 1.80 bits per heavy atom. The standard InChI is InChI=1S/C10H21NO4/c1-11(14-3)10(12)9-15-8-6-4-5-7-13-2/h4-9H2,1-3H3. The number of carbonyl (C=O) groups excluding carboxylic acids is 1. The van der Waals surface area contributed by atoms with Gasteiger partial charge in [0.05, 0.1) is 7.11 Å². The lowest BCUT2D eigenvalue weighted by molar-refractivity contribution is -0.173. The molecule has 0 spiro atoms. The van der Waals surface area contributed by atoms with Crippen molar-refractivity contribution in [2.45, 2.75) is 19.3 Å². The van der Waals surface area contributed by atoms with Crippen LogP contribution in [0.4, 0.5) is 0 Å². The molecular weight excluding hydrogens is 198 g/mol. The summed E-state index contributed by atoms with van der Waals surface area (Å²) in [7, 11) is 4.70. The first-order chi connectivity index (χ1) is 7.22. The summed E-state index contributed by atoms with van der Waals surface area (Å²) in [4.78, 5) is 15.9. The molecule has 0 atom stereocenters. The molecule has 0 radical (unpaired) electrons. The van der Waals surface area contributed by atoms with Crippen molar-refractivity contribution in [1.82, 2.24) is 5.06 Å². The molecule has 0 aliphatic carbocycles. The van der Waals surface area contributed by atoms with E-state index in [1.165, 1.54) is 7.11 Å². The van der Waals surface area contributed by atoms with Crippen LogP contribution in [-0.4, -0.2) is 52.1 Å². The molecule has 0 saturated carbocycles. The number of carbonyl (C=O) groups is 1. The van der Waals surface area contributed by atoms with Gasteiger partial charge >= 0.3 is 0 Å². The first-order valence-corrected chi connectivity index (χ1v) is 5.09. The van der Waals surface area contributed by atoms with E-state index in [4.69, 9.17) is 14.3 Å². The molecule has 0 aromatic heterocycles. The average Bonchev–Trinajstić information content (AvgIpc) is 2.26. The van der Waals surface area contributed by atoms with Crippen molar-refractivity contribution in [3.05, 3.63) is 0 Å². The summed E-state index contributed by atoms with van der Waals surface area (Å²) >= 11 is 0. The molecule has 0 aliphatic heterocycles. The largest absolute Gasteiger partial charge is 0.385 e. The van der Waals surface area contributed by atoms with E-state index in [2.05, 4.69) is 0 Å². The van der Waals surface area contributed by atoms with Gasteiger partial charge in [0.15, 0.2) is 0 Å².